The second kappa shape index (κ2) is 6.77. The van der Waals surface area contributed by atoms with Crippen LogP contribution < -0.4 is 5.32 Å². The van der Waals surface area contributed by atoms with Gasteiger partial charge in [0.05, 0.1) is 0 Å². The molecule has 22 heavy (non-hydrogen) atoms. The predicted octanol–water partition coefficient (Wildman–Crippen LogP) is 3.30. The molecule has 0 bridgehead atoms. The Bertz CT molecular complexity index is 624. The van der Waals surface area contributed by atoms with E-state index in [1.165, 1.54) is 24.8 Å². The van der Waals surface area contributed by atoms with Gasteiger partial charge in [0.2, 0.25) is 0 Å². The molecule has 1 fully saturated rings. The first-order valence-electron chi connectivity index (χ1n) is 8.10. The van der Waals surface area contributed by atoms with Gasteiger partial charge < -0.3 is 9.88 Å². The van der Waals surface area contributed by atoms with Crippen LogP contribution in [0, 0.1) is 6.92 Å². The first-order chi connectivity index (χ1) is 10.7. The lowest BCUT2D eigenvalue weighted by Gasteiger charge is -2.22. The predicted molar refractivity (Wildman–Crippen MR) is 86.8 cm³/mol. The number of aryl methyl sites for hydroxylation is 1. The average molecular weight is 297 g/mol. The Morgan fingerprint density at radius 1 is 1.23 bits per heavy atom. The number of carbonyl (C=O) groups is 1. The molecule has 0 spiro atoms. The van der Waals surface area contributed by atoms with Crippen LogP contribution in [0.2, 0.25) is 0 Å². The van der Waals surface area contributed by atoms with Gasteiger partial charge >= 0.3 is 0 Å². The molecule has 0 radical (unpaired) electrons. The molecule has 0 unspecified atom stereocenters. The summed E-state index contributed by atoms with van der Waals surface area (Å²) in [6.45, 7) is 2.78. The maximum absolute atomic E-state index is 12.3. The van der Waals surface area contributed by atoms with E-state index in [0.717, 1.165) is 30.8 Å². The summed E-state index contributed by atoms with van der Waals surface area (Å²) in [6, 6.07) is 8.23. The highest BCUT2D eigenvalue weighted by molar-refractivity contribution is 5.94. The van der Waals surface area contributed by atoms with E-state index in [2.05, 4.69) is 14.9 Å². The van der Waals surface area contributed by atoms with Crippen LogP contribution in [0.25, 0.3) is 0 Å². The molecule has 4 nitrogen and oxygen atoms in total. The van der Waals surface area contributed by atoms with Gasteiger partial charge in [-0.15, -0.1) is 0 Å². The third kappa shape index (κ3) is 3.56. The normalized spacial score (nSPS) is 15.7. The molecule has 0 atom stereocenters. The van der Waals surface area contributed by atoms with Crippen molar-refractivity contribution in [3.8, 4) is 0 Å². The number of nitrogens with one attached hydrogen (secondary N) is 1. The molecule has 1 aliphatic carbocycles. The van der Waals surface area contributed by atoms with Crippen LogP contribution in [0.4, 0.5) is 0 Å². The zero-order valence-corrected chi connectivity index (χ0v) is 13.1. The van der Waals surface area contributed by atoms with Crippen molar-refractivity contribution in [3.63, 3.8) is 0 Å². The van der Waals surface area contributed by atoms with E-state index >= 15 is 0 Å². The van der Waals surface area contributed by atoms with Crippen molar-refractivity contribution in [1.29, 1.82) is 0 Å². The minimum atomic E-state index is 0.0530. The van der Waals surface area contributed by atoms with Crippen molar-refractivity contribution < 1.29 is 4.79 Å². The van der Waals surface area contributed by atoms with Crippen LogP contribution in [0.3, 0.4) is 0 Å². The van der Waals surface area contributed by atoms with Crippen molar-refractivity contribution in [1.82, 2.24) is 14.9 Å². The average Bonchev–Trinajstić information content (AvgIpc) is 2.94. The molecule has 1 heterocycles. The quantitative estimate of drug-likeness (QED) is 0.941. The van der Waals surface area contributed by atoms with Gasteiger partial charge in [-0.1, -0.05) is 31.4 Å². The minimum absolute atomic E-state index is 0.0530. The largest absolute Gasteiger partial charge is 0.349 e. The summed E-state index contributed by atoms with van der Waals surface area (Å²) in [6.07, 6.45) is 9.77. The number of benzene rings is 1. The molecule has 1 amide bonds. The number of aromatic nitrogens is 2. The van der Waals surface area contributed by atoms with Gasteiger partial charge in [-0.25, -0.2) is 4.98 Å². The fraction of sp³-hybridized carbons (Fsp3) is 0.444. The van der Waals surface area contributed by atoms with E-state index in [0.29, 0.717) is 6.04 Å². The second-order valence-corrected chi connectivity index (χ2v) is 6.11. The number of imidazole rings is 1. The van der Waals surface area contributed by atoms with E-state index in [1.807, 2.05) is 37.4 Å². The van der Waals surface area contributed by atoms with Crippen LogP contribution in [0.5, 0.6) is 0 Å². The highest BCUT2D eigenvalue weighted by Gasteiger charge is 2.16. The summed E-state index contributed by atoms with van der Waals surface area (Å²) in [5, 5.41) is 3.16. The molecule has 1 N–H and O–H groups in total. The summed E-state index contributed by atoms with van der Waals surface area (Å²) in [4.78, 5) is 16.5. The highest BCUT2D eigenvalue weighted by atomic mass is 16.1. The van der Waals surface area contributed by atoms with Gasteiger partial charge in [0.15, 0.2) is 0 Å². The smallest absolute Gasteiger partial charge is 0.251 e. The highest BCUT2D eigenvalue weighted by Crippen LogP contribution is 2.18. The summed E-state index contributed by atoms with van der Waals surface area (Å²) < 4.78 is 2.09. The molecule has 0 saturated heterocycles. The first kappa shape index (κ1) is 14.8. The number of nitrogens with zero attached hydrogens (tertiary/aromatic N) is 2. The summed E-state index contributed by atoms with van der Waals surface area (Å²) in [5.74, 6) is 1.05. The second-order valence-electron chi connectivity index (χ2n) is 6.11. The third-order valence-corrected chi connectivity index (χ3v) is 4.43. The molecule has 116 valence electrons. The summed E-state index contributed by atoms with van der Waals surface area (Å²) in [5.41, 5.74) is 1.92. The molecule has 1 saturated carbocycles. The molecule has 2 aromatic rings. The number of rotatable bonds is 4. The molecule has 1 aromatic heterocycles. The monoisotopic (exact) mass is 297 g/mol. The molecule has 3 rings (SSSR count). The molecule has 0 aliphatic heterocycles. The zero-order valence-electron chi connectivity index (χ0n) is 13.1. The Labute approximate surface area is 131 Å². The SMILES string of the molecule is Cc1nccn1Cc1ccc(C(=O)NC2CCCCC2)cc1. The standard InChI is InChI=1S/C18H23N3O/c1-14-19-11-12-21(14)13-15-7-9-16(10-8-15)18(22)20-17-5-3-2-4-6-17/h7-12,17H,2-6,13H2,1H3,(H,20,22). The molecular weight excluding hydrogens is 274 g/mol. The Morgan fingerprint density at radius 3 is 2.59 bits per heavy atom. The van der Waals surface area contributed by atoms with Gasteiger partial charge in [0.1, 0.15) is 5.82 Å². The molecule has 1 aliphatic rings. The Hall–Kier alpha value is -2.10. The maximum Gasteiger partial charge on any atom is 0.251 e. The van der Waals surface area contributed by atoms with Crippen molar-refractivity contribution in [3.05, 3.63) is 53.6 Å². The first-order valence-corrected chi connectivity index (χ1v) is 8.10. The van der Waals surface area contributed by atoms with Crippen LogP contribution in [0.15, 0.2) is 36.7 Å². The Morgan fingerprint density at radius 2 is 1.95 bits per heavy atom. The van der Waals surface area contributed by atoms with Crippen LogP contribution in [0.1, 0.15) is 53.8 Å². The lowest BCUT2D eigenvalue weighted by molar-refractivity contribution is 0.0927. The Kier molecular flexibility index (Phi) is 4.56. The van der Waals surface area contributed by atoms with Crippen LogP contribution >= 0.6 is 0 Å². The Balaban J connectivity index is 1.60. The third-order valence-electron chi connectivity index (χ3n) is 4.43. The lowest BCUT2D eigenvalue weighted by atomic mass is 9.95. The zero-order chi connectivity index (χ0) is 15.4. The van der Waals surface area contributed by atoms with E-state index in [1.54, 1.807) is 6.20 Å². The van der Waals surface area contributed by atoms with E-state index in [4.69, 9.17) is 0 Å². The van der Waals surface area contributed by atoms with E-state index < -0.39 is 0 Å². The van der Waals surface area contributed by atoms with Gasteiger partial charge in [-0.3, -0.25) is 4.79 Å². The van der Waals surface area contributed by atoms with Crippen LogP contribution in [-0.2, 0) is 6.54 Å². The minimum Gasteiger partial charge on any atom is -0.349 e. The van der Waals surface area contributed by atoms with Crippen molar-refractivity contribution >= 4 is 5.91 Å². The lowest BCUT2D eigenvalue weighted by Crippen LogP contribution is -2.36. The van der Waals surface area contributed by atoms with E-state index in [9.17, 15) is 4.79 Å². The number of amides is 1. The number of carbonyl (C=O) groups excluding carboxylic acids is 1. The summed E-state index contributed by atoms with van der Waals surface area (Å²) >= 11 is 0. The van der Waals surface area contributed by atoms with Crippen molar-refractivity contribution in [2.24, 2.45) is 0 Å². The van der Waals surface area contributed by atoms with Crippen molar-refractivity contribution in [2.75, 3.05) is 0 Å². The van der Waals surface area contributed by atoms with E-state index in [-0.39, 0.29) is 5.91 Å². The molecule has 1 aromatic carbocycles. The topological polar surface area (TPSA) is 46.9 Å². The maximum atomic E-state index is 12.3. The van der Waals surface area contributed by atoms with Gasteiger partial charge in [-0.05, 0) is 37.5 Å². The molecular formula is C18H23N3O. The van der Waals surface area contributed by atoms with Crippen molar-refractivity contribution in [2.45, 2.75) is 51.6 Å². The summed E-state index contributed by atoms with van der Waals surface area (Å²) in [7, 11) is 0. The fourth-order valence-corrected chi connectivity index (χ4v) is 3.04. The molecule has 4 heteroatoms. The number of hydrogen-bond donors (Lipinski definition) is 1. The van der Waals surface area contributed by atoms with Crippen LogP contribution in [-0.4, -0.2) is 21.5 Å². The van der Waals surface area contributed by atoms with Gasteiger partial charge in [0.25, 0.3) is 5.91 Å². The van der Waals surface area contributed by atoms with Gasteiger partial charge in [0, 0.05) is 30.5 Å². The van der Waals surface area contributed by atoms with Gasteiger partial charge in [-0.2, -0.15) is 0 Å². The number of hydrogen-bond acceptors (Lipinski definition) is 2. The fourth-order valence-electron chi connectivity index (χ4n) is 3.04.